The zero-order valence-corrected chi connectivity index (χ0v) is 23.9. The Morgan fingerprint density at radius 2 is 1.59 bits per heavy atom. The first-order valence-electron chi connectivity index (χ1n) is 13.5. The first-order valence-corrected chi connectivity index (χ1v) is 15.0. The number of nitrogens with one attached hydrogen (secondary N) is 1. The lowest BCUT2D eigenvalue weighted by molar-refractivity contribution is 0.463. The van der Waals surface area contributed by atoms with E-state index in [1.54, 1.807) is 41.0 Å². The number of hydrogen-bond donors (Lipinski definition) is 1. The van der Waals surface area contributed by atoms with Crippen molar-refractivity contribution in [3.8, 4) is 22.5 Å². The van der Waals surface area contributed by atoms with Crippen LogP contribution in [0.4, 0.5) is 0 Å². The van der Waals surface area contributed by atoms with Gasteiger partial charge in [0.1, 0.15) is 0 Å². The highest BCUT2D eigenvalue weighted by molar-refractivity contribution is 7.89. The number of aromatic amines is 1. The number of nitrogens with zero attached hydrogens (tertiary/aromatic N) is 5. The van der Waals surface area contributed by atoms with E-state index in [0.717, 1.165) is 47.2 Å². The summed E-state index contributed by atoms with van der Waals surface area (Å²) in [6.07, 6.45) is 2.72. The standard InChI is InChI=1S/C31H32N6O3S/c1-3-4-10-26-20-19-25(22-36(2)41(39,40)27-11-6-5-7-12-27)31(38)37(26)21-23-15-17-24(18-16-23)28-13-8-9-14-29(28)30-32-34-35-33-30/h5-9,11-20H,3-4,10,21-22H2,1-2H3,(H,32,33,34,35). The molecule has 0 saturated carbocycles. The largest absolute Gasteiger partial charge is 0.308 e. The first-order chi connectivity index (χ1) is 19.9. The number of aromatic nitrogens is 5. The van der Waals surface area contributed by atoms with Crippen LogP contribution in [0.3, 0.4) is 0 Å². The average Bonchev–Trinajstić information content (AvgIpc) is 3.54. The Hall–Kier alpha value is -4.41. The molecule has 5 aromatic rings. The van der Waals surface area contributed by atoms with Gasteiger partial charge in [-0.1, -0.05) is 86.1 Å². The average molecular weight is 569 g/mol. The van der Waals surface area contributed by atoms with Crippen molar-refractivity contribution in [2.45, 2.75) is 44.2 Å². The molecule has 0 amide bonds. The van der Waals surface area contributed by atoms with Gasteiger partial charge in [0.25, 0.3) is 5.56 Å². The van der Waals surface area contributed by atoms with E-state index >= 15 is 0 Å². The number of H-pyrrole nitrogens is 1. The molecule has 210 valence electrons. The summed E-state index contributed by atoms with van der Waals surface area (Å²) in [4.78, 5) is 13.9. The van der Waals surface area contributed by atoms with Crippen LogP contribution in [0.2, 0.25) is 0 Å². The van der Waals surface area contributed by atoms with Crippen molar-refractivity contribution < 1.29 is 8.42 Å². The van der Waals surface area contributed by atoms with Crippen LogP contribution in [-0.4, -0.2) is 45.0 Å². The molecule has 0 fully saturated rings. The summed E-state index contributed by atoms with van der Waals surface area (Å²) in [5.41, 5.74) is 4.99. The van der Waals surface area contributed by atoms with Gasteiger partial charge in [0, 0.05) is 30.4 Å². The molecule has 1 N–H and O–H groups in total. The zero-order valence-electron chi connectivity index (χ0n) is 23.1. The van der Waals surface area contributed by atoms with E-state index in [2.05, 4.69) is 27.5 Å². The van der Waals surface area contributed by atoms with Gasteiger partial charge in [-0.25, -0.2) is 8.42 Å². The van der Waals surface area contributed by atoms with E-state index in [1.165, 1.54) is 11.4 Å². The Morgan fingerprint density at radius 1 is 0.878 bits per heavy atom. The number of unbranched alkanes of at least 4 members (excludes halogenated alkanes) is 1. The molecular weight excluding hydrogens is 536 g/mol. The molecule has 5 rings (SSSR count). The predicted octanol–water partition coefficient (Wildman–Crippen LogP) is 4.91. The molecule has 0 spiro atoms. The molecule has 3 aromatic carbocycles. The lowest BCUT2D eigenvalue weighted by atomic mass is 9.98. The quantitative estimate of drug-likeness (QED) is 0.242. The monoisotopic (exact) mass is 568 g/mol. The van der Waals surface area contributed by atoms with Crippen LogP contribution in [0.1, 0.15) is 36.6 Å². The summed E-state index contributed by atoms with van der Waals surface area (Å²) < 4.78 is 29.2. The van der Waals surface area contributed by atoms with Crippen molar-refractivity contribution in [2.75, 3.05) is 7.05 Å². The summed E-state index contributed by atoms with van der Waals surface area (Å²) in [5.74, 6) is 0.521. The molecule has 0 atom stereocenters. The van der Waals surface area contributed by atoms with Gasteiger partial charge in [-0.2, -0.15) is 9.52 Å². The number of benzene rings is 3. The number of sulfonamides is 1. The summed E-state index contributed by atoms with van der Waals surface area (Å²) in [5, 5.41) is 14.4. The molecule has 41 heavy (non-hydrogen) atoms. The van der Waals surface area contributed by atoms with Crippen molar-refractivity contribution in [1.29, 1.82) is 0 Å². The molecule has 0 aliphatic rings. The van der Waals surface area contributed by atoms with E-state index in [0.29, 0.717) is 17.9 Å². The van der Waals surface area contributed by atoms with Gasteiger partial charge in [0.05, 0.1) is 11.4 Å². The molecular formula is C31H32N6O3S. The first kappa shape index (κ1) is 28.1. The number of tetrazole rings is 1. The third-order valence-corrected chi connectivity index (χ3v) is 8.91. The third kappa shape index (κ3) is 6.18. The zero-order chi connectivity index (χ0) is 28.8. The fraction of sp³-hybridized carbons (Fsp3) is 0.226. The van der Waals surface area contributed by atoms with Gasteiger partial charge in [-0.15, -0.1) is 10.2 Å². The van der Waals surface area contributed by atoms with Crippen LogP contribution in [0.5, 0.6) is 0 Å². The van der Waals surface area contributed by atoms with E-state index < -0.39 is 10.0 Å². The highest BCUT2D eigenvalue weighted by Crippen LogP contribution is 2.30. The van der Waals surface area contributed by atoms with Gasteiger partial charge in [-0.3, -0.25) is 4.79 Å². The van der Waals surface area contributed by atoms with Gasteiger partial charge in [0.2, 0.25) is 15.8 Å². The molecule has 0 saturated heterocycles. The Kier molecular flexibility index (Phi) is 8.51. The van der Waals surface area contributed by atoms with E-state index in [1.807, 2.05) is 54.6 Å². The van der Waals surface area contributed by atoms with Crippen LogP contribution in [0.25, 0.3) is 22.5 Å². The lowest BCUT2D eigenvalue weighted by Crippen LogP contribution is -2.33. The van der Waals surface area contributed by atoms with Gasteiger partial charge in [0.15, 0.2) is 0 Å². The van der Waals surface area contributed by atoms with Crippen LogP contribution >= 0.6 is 0 Å². The second-order valence-corrected chi connectivity index (χ2v) is 11.9. The summed E-state index contributed by atoms with van der Waals surface area (Å²) in [6, 6.07) is 27.9. The minimum atomic E-state index is -3.73. The normalized spacial score (nSPS) is 11.7. The van der Waals surface area contributed by atoms with Crippen molar-refractivity contribution in [3.05, 3.63) is 118 Å². The van der Waals surface area contributed by atoms with Crippen LogP contribution < -0.4 is 5.56 Å². The van der Waals surface area contributed by atoms with Crippen LogP contribution in [0.15, 0.2) is 101 Å². The molecule has 0 radical (unpaired) electrons. The molecule has 10 heteroatoms. The van der Waals surface area contributed by atoms with Gasteiger partial charge >= 0.3 is 0 Å². The fourth-order valence-electron chi connectivity index (χ4n) is 4.81. The molecule has 0 aliphatic carbocycles. The number of pyridine rings is 1. The smallest absolute Gasteiger partial charge is 0.255 e. The van der Waals surface area contributed by atoms with Crippen LogP contribution in [-0.2, 0) is 29.5 Å². The maximum Gasteiger partial charge on any atom is 0.255 e. The minimum absolute atomic E-state index is 0.0179. The van der Waals surface area contributed by atoms with Crippen molar-refractivity contribution in [2.24, 2.45) is 0 Å². The van der Waals surface area contributed by atoms with Crippen molar-refractivity contribution in [3.63, 3.8) is 0 Å². The molecule has 2 heterocycles. The fourth-order valence-corrected chi connectivity index (χ4v) is 5.98. The minimum Gasteiger partial charge on any atom is -0.308 e. The summed E-state index contributed by atoms with van der Waals surface area (Å²) in [6.45, 7) is 2.48. The number of hydrogen-bond acceptors (Lipinski definition) is 6. The molecule has 0 bridgehead atoms. The molecule has 0 aliphatic heterocycles. The second kappa shape index (κ2) is 12.4. The predicted molar refractivity (Wildman–Crippen MR) is 159 cm³/mol. The molecule has 9 nitrogen and oxygen atoms in total. The van der Waals surface area contributed by atoms with Gasteiger partial charge in [-0.05, 0) is 52.9 Å². The lowest BCUT2D eigenvalue weighted by Gasteiger charge is -2.19. The Balaban J connectivity index is 1.43. The topological polar surface area (TPSA) is 114 Å². The summed E-state index contributed by atoms with van der Waals surface area (Å²) >= 11 is 0. The molecule has 0 unspecified atom stereocenters. The second-order valence-electron chi connectivity index (χ2n) is 9.90. The highest BCUT2D eigenvalue weighted by Gasteiger charge is 2.22. The number of rotatable bonds is 11. The maximum absolute atomic E-state index is 13.7. The van der Waals surface area contributed by atoms with Crippen LogP contribution in [0, 0.1) is 0 Å². The van der Waals surface area contributed by atoms with Crippen molar-refractivity contribution >= 4 is 10.0 Å². The Bertz CT molecular complexity index is 1770. The van der Waals surface area contributed by atoms with Gasteiger partial charge < -0.3 is 4.57 Å². The Labute approximate surface area is 239 Å². The maximum atomic E-state index is 13.7. The highest BCUT2D eigenvalue weighted by atomic mass is 32.2. The van der Waals surface area contributed by atoms with E-state index in [-0.39, 0.29) is 17.0 Å². The number of aryl methyl sites for hydroxylation is 1. The van der Waals surface area contributed by atoms with E-state index in [4.69, 9.17) is 0 Å². The summed E-state index contributed by atoms with van der Waals surface area (Å²) in [7, 11) is -2.23. The Morgan fingerprint density at radius 3 is 2.27 bits per heavy atom. The van der Waals surface area contributed by atoms with Crippen molar-refractivity contribution in [1.82, 2.24) is 29.5 Å². The van der Waals surface area contributed by atoms with E-state index in [9.17, 15) is 13.2 Å². The molecule has 2 aromatic heterocycles. The third-order valence-electron chi connectivity index (χ3n) is 7.09. The SMILES string of the molecule is CCCCc1ccc(CN(C)S(=O)(=O)c2ccccc2)c(=O)n1Cc1ccc(-c2ccccc2-c2nn[nH]n2)cc1.